The average Bonchev–Trinajstić information content (AvgIpc) is 2.29. The zero-order chi connectivity index (χ0) is 13.5. The first-order chi connectivity index (χ1) is 8.52. The van der Waals surface area contributed by atoms with Crippen LogP contribution in [0.15, 0.2) is 36.0 Å². The van der Waals surface area contributed by atoms with E-state index in [1.54, 1.807) is 12.1 Å². The molecule has 1 rings (SSSR count). The van der Waals surface area contributed by atoms with Crippen molar-refractivity contribution in [3.63, 3.8) is 0 Å². The van der Waals surface area contributed by atoms with Gasteiger partial charge >= 0.3 is 5.97 Å². The van der Waals surface area contributed by atoms with Gasteiger partial charge in [0.05, 0.1) is 4.92 Å². The molecule has 1 aromatic rings. The van der Waals surface area contributed by atoms with E-state index in [9.17, 15) is 14.9 Å². The Labute approximate surface area is 104 Å². The number of hydrogen-bond donors (Lipinski definition) is 2. The monoisotopic (exact) mass is 250 g/mol. The van der Waals surface area contributed by atoms with Crippen molar-refractivity contribution in [2.45, 2.75) is 19.8 Å². The highest BCUT2D eigenvalue weighted by molar-refractivity contribution is 5.81. The molecule has 0 heterocycles. The first kappa shape index (κ1) is 13.7. The molecule has 0 saturated carbocycles. The van der Waals surface area contributed by atoms with Crippen molar-refractivity contribution in [1.82, 2.24) is 0 Å². The Morgan fingerprint density at radius 3 is 2.50 bits per heavy atom. The van der Waals surface area contributed by atoms with Crippen LogP contribution in [-0.4, -0.2) is 16.0 Å². The van der Waals surface area contributed by atoms with Crippen molar-refractivity contribution in [2.24, 2.45) is 0 Å². The third-order valence-electron chi connectivity index (χ3n) is 2.20. The van der Waals surface area contributed by atoms with Gasteiger partial charge in [0.25, 0.3) is 5.69 Å². The molecule has 0 bridgehead atoms. The molecule has 0 saturated heterocycles. The Morgan fingerprint density at radius 1 is 1.44 bits per heavy atom. The van der Waals surface area contributed by atoms with Gasteiger partial charge in [0.15, 0.2) is 0 Å². The normalized spacial score (nSPS) is 11.1. The minimum absolute atomic E-state index is 0.000180. The Balaban J connectivity index is 2.81. The second kappa shape index (κ2) is 6.39. The van der Waals surface area contributed by atoms with Crippen molar-refractivity contribution in [2.75, 3.05) is 5.32 Å². The molecule has 0 fully saturated rings. The number of benzene rings is 1. The quantitative estimate of drug-likeness (QED) is 0.460. The second-order valence-corrected chi connectivity index (χ2v) is 3.69. The van der Waals surface area contributed by atoms with Crippen LogP contribution in [-0.2, 0) is 4.79 Å². The molecule has 0 spiro atoms. The molecule has 1 aromatic carbocycles. The summed E-state index contributed by atoms with van der Waals surface area (Å²) < 4.78 is 0. The molecular formula is C12H14N2O4. The SMILES string of the molecule is CCCC(=CC(=O)O)Nc1ccc([N+](=O)[O-])cc1. The van der Waals surface area contributed by atoms with Gasteiger partial charge in [-0.05, 0) is 18.6 Å². The summed E-state index contributed by atoms with van der Waals surface area (Å²) >= 11 is 0. The lowest BCUT2D eigenvalue weighted by molar-refractivity contribution is -0.384. The molecule has 96 valence electrons. The predicted octanol–water partition coefficient (Wildman–Crippen LogP) is 2.78. The van der Waals surface area contributed by atoms with Crippen LogP contribution < -0.4 is 5.32 Å². The molecule has 0 aliphatic heterocycles. The number of non-ortho nitro benzene ring substituents is 1. The Kier molecular flexibility index (Phi) is 4.86. The molecule has 6 heteroatoms. The highest BCUT2D eigenvalue weighted by atomic mass is 16.6. The molecular weight excluding hydrogens is 236 g/mol. The van der Waals surface area contributed by atoms with Crippen molar-refractivity contribution < 1.29 is 14.8 Å². The summed E-state index contributed by atoms with van der Waals surface area (Å²) in [5.74, 6) is -1.02. The summed E-state index contributed by atoms with van der Waals surface area (Å²) in [4.78, 5) is 20.6. The van der Waals surface area contributed by atoms with Gasteiger partial charge in [-0.15, -0.1) is 0 Å². The molecule has 0 aliphatic rings. The molecule has 0 atom stereocenters. The maximum Gasteiger partial charge on any atom is 0.330 e. The van der Waals surface area contributed by atoms with Crippen LogP contribution in [0.3, 0.4) is 0 Å². The minimum Gasteiger partial charge on any atom is -0.478 e. The lowest BCUT2D eigenvalue weighted by atomic mass is 10.2. The molecule has 0 aromatic heterocycles. The molecule has 18 heavy (non-hydrogen) atoms. The molecule has 6 nitrogen and oxygen atoms in total. The van der Waals surface area contributed by atoms with Crippen LogP contribution in [0.1, 0.15) is 19.8 Å². The lowest BCUT2D eigenvalue weighted by Gasteiger charge is -2.09. The third-order valence-corrected chi connectivity index (χ3v) is 2.20. The summed E-state index contributed by atoms with van der Waals surface area (Å²) in [6, 6.07) is 5.83. The number of nitrogens with zero attached hydrogens (tertiary/aromatic N) is 1. The number of nitrogens with one attached hydrogen (secondary N) is 1. The number of nitro groups is 1. The highest BCUT2D eigenvalue weighted by Crippen LogP contribution is 2.18. The Morgan fingerprint density at radius 2 is 2.06 bits per heavy atom. The summed E-state index contributed by atoms with van der Waals surface area (Å²) in [6.45, 7) is 1.94. The average molecular weight is 250 g/mol. The third kappa shape index (κ3) is 4.25. The van der Waals surface area contributed by atoms with Gasteiger partial charge in [-0.2, -0.15) is 0 Å². The van der Waals surface area contributed by atoms with Crippen molar-refractivity contribution in [3.05, 3.63) is 46.2 Å². The maximum absolute atomic E-state index is 10.6. The van der Waals surface area contributed by atoms with E-state index >= 15 is 0 Å². The first-order valence-corrected chi connectivity index (χ1v) is 5.48. The van der Waals surface area contributed by atoms with Gasteiger partial charge in [-0.3, -0.25) is 10.1 Å². The van der Waals surface area contributed by atoms with Gasteiger partial charge in [0.1, 0.15) is 0 Å². The number of rotatable bonds is 6. The van der Waals surface area contributed by atoms with Crippen LogP contribution in [0.4, 0.5) is 11.4 Å². The van der Waals surface area contributed by atoms with E-state index < -0.39 is 10.9 Å². The number of nitro benzene ring substituents is 1. The van der Waals surface area contributed by atoms with Gasteiger partial charge in [-0.25, -0.2) is 4.79 Å². The molecule has 0 aliphatic carbocycles. The standard InChI is InChI=1S/C12H14N2O4/c1-2-3-10(8-12(15)16)13-9-4-6-11(7-5-9)14(17)18/h4-8,13H,2-3H2,1H3,(H,15,16). The van der Waals surface area contributed by atoms with E-state index in [0.717, 1.165) is 12.5 Å². The number of aliphatic carboxylic acids is 1. The van der Waals surface area contributed by atoms with Crippen LogP contribution in [0.25, 0.3) is 0 Å². The topological polar surface area (TPSA) is 92.5 Å². The van der Waals surface area contributed by atoms with Crippen LogP contribution in [0.2, 0.25) is 0 Å². The number of carboxylic acid groups (broad SMARTS) is 1. The van der Waals surface area contributed by atoms with Gasteiger partial charge in [-0.1, -0.05) is 13.3 Å². The Bertz CT molecular complexity index is 465. The van der Waals surface area contributed by atoms with E-state index in [1.165, 1.54) is 12.1 Å². The zero-order valence-corrected chi connectivity index (χ0v) is 9.92. The number of allylic oxidation sites excluding steroid dienone is 1. The maximum atomic E-state index is 10.6. The summed E-state index contributed by atoms with van der Waals surface area (Å²) in [5.41, 5.74) is 1.19. The smallest absolute Gasteiger partial charge is 0.330 e. The molecule has 2 N–H and O–H groups in total. The minimum atomic E-state index is -1.02. The number of carbonyl (C=O) groups is 1. The van der Waals surface area contributed by atoms with Crippen molar-refractivity contribution in [1.29, 1.82) is 0 Å². The Hall–Kier alpha value is -2.37. The predicted molar refractivity (Wildman–Crippen MR) is 67.3 cm³/mol. The second-order valence-electron chi connectivity index (χ2n) is 3.69. The molecule has 0 amide bonds. The van der Waals surface area contributed by atoms with E-state index in [4.69, 9.17) is 5.11 Å². The summed E-state index contributed by atoms with van der Waals surface area (Å²) in [6.07, 6.45) is 2.51. The summed E-state index contributed by atoms with van der Waals surface area (Å²) in [7, 11) is 0. The van der Waals surface area contributed by atoms with E-state index in [2.05, 4.69) is 5.32 Å². The van der Waals surface area contributed by atoms with Crippen LogP contribution in [0.5, 0.6) is 0 Å². The van der Waals surface area contributed by atoms with Crippen LogP contribution >= 0.6 is 0 Å². The number of carboxylic acids is 1. The highest BCUT2D eigenvalue weighted by Gasteiger charge is 2.05. The van der Waals surface area contributed by atoms with Gasteiger partial charge < -0.3 is 10.4 Å². The van der Waals surface area contributed by atoms with Gasteiger partial charge in [0, 0.05) is 29.6 Å². The van der Waals surface area contributed by atoms with Crippen molar-refractivity contribution >= 4 is 17.3 Å². The fourth-order valence-electron chi connectivity index (χ4n) is 1.44. The lowest BCUT2D eigenvalue weighted by Crippen LogP contribution is -2.03. The van der Waals surface area contributed by atoms with Crippen LogP contribution in [0, 0.1) is 10.1 Å². The largest absolute Gasteiger partial charge is 0.478 e. The van der Waals surface area contributed by atoms with E-state index in [1.807, 2.05) is 6.92 Å². The molecule has 0 unspecified atom stereocenters. The van der Waals surface area contributed by atoms with Crippen molar-refractivity contribution in [3.8, 4) is 0 Å². The molecule has 0 radical (unpaired) electrons. The van der Waals surface area contributed by atoms with Gasteiger partial charge in [0.2, 0.25) is 0 Å². The first-order valence-electron chi connectivity index (χ1n) is 5.48. The summed E-state index contributed by atoms with van der Waals surface area (Å²) in [5, 5.41) is 22.1. The van der Waals surface area contributed by atoms with E-state index in [0.29, 0.717) is 17.8 Å². The fraction of sp³-hybridized carbons (Fsp3) is 0.250. The zero-order valence-electron chi connectivity index (χ0n) is 9.92. The number of hydrogen-bond acceptors (Lipinski definition) is 4. The fourth-order valence-corrected chi connectivity index (χ4v) is 1.44. The van der Waals surface area contributed by atoms with E-state index in [-0.39, 0.29) is 5.69 Å². The number of anilines is 1.